The number of nitrogens with zero attached hydrogens (tertiary/aromatic N) is 3. The maximum atomic E-state index is 13.0. The van der Waals surface area contributed by atoms with Crippen molar-refractivity contribution in [3.63, 3.8) is 0 Å². The average molecular weight is 489 g/mol. The van der Waals surface area contributed by atoms with Crippen molar-refractivity contribution in [3.8, 4) is 0 Å². The summed E-state index contributed by atoms with van der Waals surface area (Å²) in [5.74, 6) is -2.80. The second-order valence-electron chi connectivity index (χ2n) is 6.71. The monoisotopic (exact) mass is 488 g/mol. The number of fused-ring (bicyclic) bond motifs is 1. The van der Waals surface area contributed by atoms with E-state index in [-0.39, 0.29) is 25.0 Å². The van der Waals surface area contributed by atoms with Gasteiger partial charge in [-0.25, -0.2) is 4.79 Å². The number of hydrogen-bond donors (Lipinski definition) is 3. The summed E-state index contributed by atoms with van der Waals surface area (Å²) in [6.07, 6.45) is -0.150. The van der Waals surface area contributed by atoms with Gasteiger partial charge in [0.1, 0.15) is 16.1 Å². The molecule has 2 amide bonds. The molecular formula is C17H20N4O7S3. The molecule has 1 fully saturated rings. The molecule has 2 aliphatic rings. The Morgan fingerprint density at radius 2 is 2.06 bits per heavy atom. The van der Waals surface area contributed by atoms with Gasteiger partial charge < -0.3 is 20.3 Å². The van der Waals surface area contributed by atoms with E-state index in [0.29, 0.717) is 21.4 Å². The third-order valence-corrected chi connectivity index (χ3v) is 8.06. The van der Waals surface area contributed by atoms with Gasteiger partial charge >= 0.3 is 11.9 Å². The van der Waals surface area contributed by atoms with Gasteiger partial charge in [-0.1, -0.05) is 23.1 Å². The molecule has 0 radical (unpaired) electrons. The van der Waals surface area contributed by atoms with Crippen molar-refractivity contribution in [2.45, 2.75) is 41.6 Å². The molecule has 0 aromatic carbocycles. The lowest BCUT2D eigenvalue weighted by Crippen LogP contribution is -2.80. The summed E-state index contributed by atoms with van der Waals surface area (Å²) in [4.78, 5) is 48.9. The lowest BCUT2D eigenvalue weighted by atomic mass is 9.98. The zero-order valence-electron chi connectivity index (χ0n) is 16.6. The molecule has 0 saturated carbocycles. The van der Waals surface area contributed by atoms with Crippen molar-refractivity contribution < 1.29 is 34.1 Å². The van der Waals surface area contributed by atoms with E-state index in [2.05, 4.69) is 15.5 Å². The number of nitrogens with one attached hydrogen (secondary N) is 1. The molecule has 2 aliphatic heterocycles. The predicted molar refractivity (Wildman–Crippen MR) is 112 cm³/mol. The van der Waals surface area contributed by atoms with Gasteiger partial charge in [-0.2, -0.15) is 0 Å². The number of carboxylic acid groups (broad SMARTS) is 2. The maximum absolute atomic E-state index is 13.0. The van der Waals surface area contributed by atoms with E-state index in [0.717, 1.165) is 9.91 Å². The zero-order chi connectivity index (χ0) is 22.8. The molecule has 0 aliphatic carbocycles. The van der Waals surface area contributed by atoms with Crippen molar-refractivity contribution in [1.29, 1.82) is 0 Å². The van der Waals surface area contributed by atoms with Gasteiger partial charge in [0.05, 0.1) is 0 Å². The minimum Gasteiger partial charge on any atom is -0.481 e. The number of β-lactam (4-membered cyclic amide) rings is 1. The number of rotatable bonds is 10. The highest BCUT2D eigenvalue weighted by atomic mass is 32.2. The third-order valence-electron chi connectivity index (χ3n) is 4.63. The van der Waals surface area contributed by atoms with Gasteiger partial charge in [-0.05, 0) is 18.9 Å². The number of aromatic nitrogens is 2. The first-order valence-corrected chi connectivity index (χ1v) is 12.0. The number of ether oxygens (including phenoxy) is 1. The fourth-order valence-corrected chi connectivity index (χ4v) is 6.60. The number of carbonyl (C=O) groups is 4. The van der Waals surface area contributed by atoms with E-state index in [1.54, 1.807) is 0 Å². The first-order chi connectivity index (χ1) is 14.7. The molecule has 11 nitrogen and oxygen atoms in total. The molecule has 168 valence electrons. The van der Waals surface area contributed by atoms with Crippen molar-refractivity contribution in [3.05, 3.63) is 16.3 Å². The van der Waals surface area contributed by atoms with Crippen LogP contribution in [0.5, 0.6) is 0 Å². The van der Waals surface area contributed by atoms with Crippen LogP contribution in [-0.2, 0) is 23.9 Å². The summed E-state index contributed by atoms with van der Waals surface area (Å²) < 4.78 is 6.06. The highest BCUT2D eigenvalue weighted by molar-refractivity contribution is 8.01. The number of aryl methyl sites for hydroxylation is 1. The van der Waals surface area contributed by atoms with Crippen LogP contribution in [0.3, 0.4) is 0 Å². The zero-order valence-corrected chi connectivity index (χ0v) is 19.1. The lowest BCUT2D eigenvalue weighted by Gasteiger charge is -2.55. The Bertz CT molecular complexity index is 950. The Labute approximate surface area is 189 Å². The Morgan fingerprint density at radius 3 is 2.65 bits per heavy atom. The molecule has 1 aromatic heterocycles. The lowest BCUT2D eigenvalue weighted by molar-refractivity contribution is -0.192. The van der Waals surface area contributed by atoms with Gasteiger partial charge in [0.25, 0.3) is 11.6 Å². The largest absolute Gasteiger partial charge is 0.481 e. The molecule has 1 saturated heterocycles. The Hall–Kier alpha value is -2.16. The molecule has 3 N–H and O–H groups in total. The minimum absolute atomic E-state index is 0.0904. The fraction of sp³-hybridized carbons (Fsp3) is 0.529. The van der Waals surface area contributed by atoms with Gasteiger partial charge in [0.15, 0.2) is 4.34 Å². The standard InChI is InChI=1S/C17H20N4O7S3/c1-8-19-20-16(31-8)30-7-9-6-29-15-17(28-2,14(27)21(15)12(9)13(25)26)18-10(22)4-3-5-11(23)24/h15H,3-7H2,1-2H3,(H,18,22)(H,23,24)(H,25,26)/t15-,17+/m1/s1. The molecule has 2 atom stereocenters. The van der Waals surface area contributed by atoms with Crippen LogP contribution in [0.15, 0.2) is 15.6 Å². The molecule has 0 bridgehead atoms. The molecule has 31 heavy (non-hydrogen) atoms. The topological polar surface area (TPSA) is 159 Å². The summed E-state index contributed by atoms with van der Waals surface area (Å²) in [6, 6.07) is 0. The van der Waals surface area contributed by atoms with E-state index >= 15 is 0 Å². The van der Waals surface area contributed by atoms with Crippen LogP contribution >= 0.6 is 34.9 Å². The van der Waals surface area contributed by atoms with E-state index in [1.807, 2.05) is 6.92 Å². The summed E-state index contributed by atoms with van der Waals surface area (Å²) in [5, 5.41) is 29.0. The smallest absolute Gasteiger partial charge is 0.352 e. The van der Waals surface area contributed by atoms with Gasteiger partial charge in [-0.15, -0.1) is 22.0 Å². The quantitative estimate of drug-likeness (QED) is 0.244. The molecule has 0 unspecified atom stereocenters. The number of carboxylic acids is 2. The van der Waals surface area contributed by atoms with Crippen LogP contribution in [0.2, 0.25) is 0 Å². The number of thioether (sulfide) groups is 2. The molecule has 3 rings (SSSR count). The highest BCUT2D eigenvalue weighted by Crippen LogP contribution is 2.47. The number of hydrogen-bond acceptors (Lipinski definition) is 10. The number of methoxy groups -OCH3 is 1. The fourth-order valence-electron chi connectivity index (χ4n) is 3.21. The number of amides is 2. The first kappa shape index (κ1) is 23.5. The molecule has 0 spiro atoms. The van der Waals surface area contributed by atoms with Crippen LogP contribution in [0.1, 0.15) is 24.3 Å². The van der Waals surface area contributed by atoms with Crippen LogP contribution in [0.25, 0.3) is 0 Å². The number of carbonyl (C=O) groups excluding carboxylic acids is 2. The summed E-state index contributed by atoms with van der Waals surface area (Å²) >= 11 is 4.04. The SMILES string of the molecule is CO[C@@]1(NC(=O)CCCC(=O)O)C(=O)N2C(C(=O)O)=C(CSc3nnc(C)s3)CS[C@@H]21. The maximum Gasteiger partial charge on any atom is 0.352 e. The summed E-state index contributed by atoms with van der Waals surface area (Å²) in [6.45, 7) is 1.82. The number of aliphatic carboxylic acids is 2. The van der Waals surface area contributed by atoms with E-state index in [4.69, 9.17) is 9.84 Å². The summed E-state index contributed by atoms with van der Waals surface area (Å²) in [5.41, 5.74) is -1.23. The Balaban J connectivity index is 1.74. The van der Waals surface area contributed by atoms with Crippen LogP contribution in [0, 0.1) is 6.92 Å². The molecule has 3 heterocycles. The van der Waals surface area contributed by atoms with E-state index in [9.17, 15) is 24.3 Å². The Morgan fingerprint density at radius 1 is 1.32 bits per heavy atom. The summed E-state index contributed by atoms with van der Waals surface area (Å²) in [7, 11) is 1.26. The highest BCUT2D eigenvalue weighted by Gasteiger charge is 2.66. The normalized spacial score (nSPS) is 22.7. The molecule has 1 aromatic rings. The van der Waals surface area contributed by atoms with Crippen molar-refractivity contribution >= 4 is 58.6 Å². The predicted octanol–water partition coefficient (Wildman–Crippen LogP) is 0.906. The average Bonchev–Trinajstić information content (AvgIpc) is 3.14. The van der Waals surface area contributed by atoms with Crippen LogP contribution < -0.4 is 5.32 Å². The van der Waals surface area contributed by atoms with Crippen molar-refractivity contribution in [2.75, 3.05) is 18.6 Å². The van der Waals surface area contributed by atoms with Gasteiger partial charge in [0, 0.05) is 31.5 Å². The van der Waals surface area contributed by atoms with Crippen LogP contribution in [0.4, 0.5) is 0 Å². The van der Waals surface area contributed by atoms with Gasteiger partial charge in [-0.3, -0.25) is 19.3 Å². The van der Waals surface area contributed by atoms with E-state index < -0.39 is 34.9 Å². The van der Waals surface area contributed by atoms with Crippen molar-refractivity contribution in [1.82, 2.24) is 20.4 Å². The van der Waals surface area contributed by atoms with Gasteiger partial charge in [0.2, 0.25) is 5.91 Å². The molecular weight excluding hydrogens is 468 g/mol. The minimum atomic E-state index is -1.68. The van der Waals surface area contributed by atoms with Crippen LogP contribution in [-0.4, -0.2) is 78.8 Å². The van der Waals surface area contributed by atoms with Crippen molar-refractivity contribution in [2.24, 2.45) is 0 Å². The first-order valence-electron chi connectivity index (χ1n) is 9.11. The second kappa shape index (κ2) is 9.54. The third kappa shape index (κ3) is 4.71. The molecule has 14 heteroatoms. The van der Waals surface area contributed by atoms with E-state index in [1.165, 1.54) is 42.0 Å². The second-order valence-corrected chi connectivity index (χ2v) is 10.2. The Kier molecular flexibility index (Phi) is 7.24.